The number of carbonyl (C=O) groups excluding carboxylic acids is 1. The van der Waals surface area contributed by atoms with E-state index in [1.165, 1.54) is 24.3 Å². The topological polar surface area (TPSA) is 66.5 Å². The molecule has 0 radical (unpaired) electrons. The maximum absolute atomic E-state index is 13.3. The second-order valence-electron chi connectivity index (χ2n) is 6.91. The van der Waals surface area contributed by atoms with Crippen molar-refractivity contribution < 1.29 is 13.2 Å². The van der Waals surface area contributed by atoms with Crippen molar-refractivity contribution in [2.45, 2.75) is 10.6 Å². The van der Waals surface area contributed by atoms with Crippen LogP contribution in [0, 0.1) is 0 Å². The fourth-order valence-corrected chi connectivity index (χ4v) is 5.98. The second-order valence-corrected chi connectivity index (χ2v) is 11.1. The van der Waals surface area contributed by atoms with Gasteiger partial charge >= 0.3 is 0 Å². The summed E-state index contributed by atoms with van der Waals surface area (Å²) in [5.41, 5.74) is 1.16. The van der Waals surface area contributed by atoms with Crippen LogP contribution >= 0.6 is 46.6 Å². The molecule has 0 aliphatic rings. The number of hydrogen-bond acceptors (Lipinski definition) is 4. The Hall–Kier alpha value is -1.90. The lowest BCUT2D eigenvalue weighted by molar-refractivity contribution is -0.119. The molecule has 174 valence electrons. The van der Waals surface area contributed by atoms with Crippen LogP contribution < -0.4 is 9.62 Å². The summed E-state index contributed by atoms with van der Waals surface area (Å²) in [5, 5.41) is 3.94. The normalized spacial score (nSPS) is 11.2. The van der Waals surface area contributed by atoms with Crippen molar-refractivity contribution >= 4 is 68.2 Å². The summed E-state index contributed by atoms with van der Waals surface area (Å²) >= 11 is 20.1. The summed E-state index contributed by atoms with van der Waals surface area (Å²) in [6.07, 6.45) is 0. The maximum atomic E-state index is 13.3. The summed E-state index contributed by atoms with van der Waals surface area (Å²) < 4.78 is 27.6. The van der Waals surface area contributed by atoms with E-state index >= 15 is 0 Å². The third-order valence-electron chi connectivity index (χ3n) is 4.58. The molecule has 1 amide bonds. The summed E-state index contributed by atoms with van der Waals surface area (Å²) in [6, 6.07) is 19.9. The Bertz CT molecular complexity index is 1210. The number of anilines is 1. The van der Waals surface area contributed by atoms with Gasteiger partial charge in [0.05, 0.1) is 15.6 Å². The van der Waals surface area contributed by atoms with E-state index in [4.69, 9.17) is 34.8 Å². The van der Waals surface area contributed by atoms with Crippen LogP contribution in [0.2, 0.25) is 15.1 Å². The van der Waals surface area contributed by atoms with Gasteiger partial charge in [-0.2, -0.15) is 11.8 Å². The Kier molecular flexibility index (Phi) is 9.35. The number of hydrogen-bond donors (Lipinski definition) is 1. The SMILES string of the molecule is O=C(CN(c1cc(Cl)ccc1Cl)S(=O)(=O)c1ccccc1)NCCSCc1ccccc1Cl. The molecule has 10 heteroatoms. The average Bonchev–Trinajstić information content (AvgIpc) is 2.80. The molecule has 0 aliphatic heterocycles. The zero-order chi connectivity index (χ0) is 23.8. The Morgan fingerprint density at radius 2 is 1.61 bits per heavy atom. The molecule has 1 N–H and O–H groups in total. The predicted octanol–water partition coefficient (Wildman–Crippen LogP) is 5.89. The lowest BCUT2D eigenvalue weighted by Gasteiger charge is -2.25. The van der Waals surface area contributed by atoms with E-state index in [0.717, 1.165) is 9.87 Å². The van der Waals surface area contributed by atoms with E-state index in [1.807, 2.05) is 24.3 Å². The number of nitrogens with one attached hydrogen (secondary N) is 1. The molecule has 0 unspecified atom stereocenters. The van der Waals surface area contributed by atoms with E-state index in [0.29, 0.717) is 28.1 Å². The highest BCUT2D eigenvalue weighted by molar-refractivity contribution is 7.98. The Morgan fingerprint density at radius 1 is 0.909 bits per heavy atom. The first-order valence-electron chi connectivity index (χ1n) is 9.90. The standard InChI is InChI=1S/C23H21Cl3N2O3S2/c24-18-10-11-21(26)22(14-18)28(33(30,31)19-7-2-1-3-8-19)15-23(29)27-12-13-32-16-17-6-4-5-9-20(17)25/h1-11,14H,12-13,15-16H2,(H,27,29). The van der Waals surface area contributed by atoms with E-state index < -0.39 is 22.5 Å². The third kappa shape index (κ3) is 7.04. The number of carbonyl (C=O) groups is 1. The predicted molar refractivity (Wildman–Crippen MR) is 138 cm³/mol. The molecule has 0 spiro atoms. The highest BCUT2D eigenvalue weighted by Crippen LogP contribution is 2.32. The first-order valence-corrected chi connectivity index (χ1v) is 13.6. The number of thioether (sulfide) groups is 1. The van der Waals surface area contributed by atoms with Crippen molar-refractivity contribution in [3.8, 4) is 0 Å². The van der Waals surface area contributed by atoms with Crippen molar-refractivity contribution in [2.75, 3.05) is 23.1 Å². The van der Waals surface area contributed by atoms with E-state index in [9.17, 15) is 13.2 Å². The van der Waals surface area contributed by atoms with Gasteiger partial charge in [-0.15, -0.1) is 0 Å². The smallest absolute Gasteiger partial charge is 0.264 e. The fraction of sp³-hybridized carbons (Fsp3) is 0.174. The highest BCUT2D eigenvalue weighted by atomic mass is 35.5. The minimum atomic E-state index is -4.05. The Balaban J connectivity index is 1.68. The lowest BCUT2D eigenvalue weighted by atomic mass is 10.2. The molecule has 0 atom stereocenters. The molecule has 0 saturated heterocycles. The van der Waals surface area contributed by atoms with Gasteiger partial charge in [-0.05, 0) is 42.0 Å². The van der Waals surface area contributed by atoms with Crippen LogP contribution in [0.1, 0.15) is 5.56 Å². The minimum Gasteiger partial charge on any atom is -0.354 e. The van der Waals surface area contributed by atoms with Crippen LogP contribution in [-0.2, 0) is 20.6 Å². The molecule has 33 heavy (non-hydrogen) atoms. The molecule has 0 aromatic heterocycles. The van der Waals surface area contributed by atoms with Gasteiger partial charge in [-0.25, -0.2) is 8.42 Å². The lowest BCUT2D eigenvalue weighted by Crippen LogP contribution is -2.41. The van der Waals surface area contributed by atoms with Crippen LogP contribution in [0.5, 0.6) is 0 Å². The number of nitrogens with zero attached hydrogens (tertiary/aromatic N) is 1. The largest absolute Gasteiger partial charge is 0.354 e. The first-order chi connectivity index (χ1) is 15.8. The zero-order valence-corrected chi connectivity index (χ0v) is 21.3. The molecule has 0 fully saturated rings. The molecule has 0 heterocycles. The van der Waals surface area contributed by atoms with Crippen LogP contribution in [0.4, 0.5) is 5.69 Å². The average molecular weight is 544 g/mol. The van der Waals surface area contributed by atoms with Gasteiger partial charge in [-0.3, -0.25) is 9.10 Å². The second kappa shape index (κ2) is 12.0. The van der Waals surface area contributed by atoms with Gasteiger partial charge in [0.2, 0.25) is 5.91 Å². The van der Waals surface area contributed by atoms with Gasteiger partial charge in [0.25, 0.3) is 10.0 Å². The molecular formula is C23H21Cl3N2O3S2. The van der Waals surface area contributed by atoms with Crippen LogP contribution in [-0.4, -0.2) is 33.2 Å². The van der Waals surface area contributed by atoms with Gasteiger partial charge in [0.15, 0.2) is 0 Å². The van der Waals surface area contributed by atoms with E-state index in [2.05, 4.69) is 5.32 Å². The molecular weight excluding hydrogens is 523 g/mol. The Labute approximate surface area is 213 Å². The quantitative estimate of drug-likeness (QED) is 0.324. The zero-order valence-electron chi connectivity index (χ0n) is 17.4. The highest BCUT2D eigenvalue weighted by Gasteiger charge is 2.28. The van der Waals surface area contributed by atoms with Crippen molar-refractivity contribution in [2.24, 2.45) is 0 Å². The van der Waals surface area contributed by atoms with Gasteiger partial charge in [0, 0.05) is 28.1 Å². The van der Waals surface area contributed by atoms with Crippen LogP contribution in [0.25, 0.3) is 0 Å². The van der Waals surface area contributed by atoms with Crippen molar-refractivity contribution in [1.29, 1.82) is 0 Å². The number of sulfonamides is 1. The summed E-state index contributed by atoms with van der Waals surface area (Å²) in [7, 11) is -4.05. The summed E-state index contributed by atoms with van der Waals surface area (Å²) in [5.74, 6) is 0.895. The summed E-state index contributed by atoms with van der Waals surface area (Å²) in [6.45, 7) is -0.0665. The molecule has 3 aromatic carbocycles. The third-order valence-corrected chi connectivity index (χ3v) is 8.28. The van der Waals surface area contributed by atoms with E-state index in [1.54, 1.807) is 36.0 Å². The van der Waals surface area contributed by atoms with Crippen molar-refractivity contribution in [3.63, 3.8) is 0 Å². The van der Waals surface area contributed by atoms with Crippen molar-refractivity contribution in [3.05, 3.63) is 93.4 Å². The van der Waals surface area contributed by atoms with Gasteiger partial charge in [-0.1, -0.05) is 71.2 Å². The van der Waals surface area contributed by atoms with Gasteiger partial charge < -0.3 is 5.32 Å². The Morgan fingerprint density at radius 3 is 2.33 bits per heavy atom. The minimum absolute atomic E-state index is 0.0455. The first kappa shape index (κ1) is 25.7. The van der Waals surface area contributed by atoms with Crippen LogP contribution in [0.3, 0.4) is 0 Å². The molecule has 0 aliphatic carbocycles. The molecule has 5 nitrogen and oxygen atoms in total. The molecule has 0 bridgehead atoms. The maximum Gasteiger partial charge on any atom is 0.264 e. The van der Waals surface area contributed by atoms with E-state index in [-0.39, 0.29) is 15.6 Å². The van der Waals surface area contributed by atoms with Crippen molar-refractivity contribution in [1.82, 2.24) is 5.32 Å². The number of amides is 1. The van der Waals surface area contributed by atoms with Crippen LogP contribution in [0.15, 0.2) is 77.7 Å². The molecule has 0 saturated carbocycles. The molecule has 3 aromatic rings. The number of rotatable bonds is 10. The monoisotopic (exact) mass is 542 g/mol. The number of benzene rings is 3. The molecule has 3 rings (SSSR count). The summed E-state index contributed by atoms with van der Waals surface area (Å²) in [4.78, 5) is 12.7. The number of halogens is 3. The fourth-order valence-electron chi connectivity index (χ4n) is 2.94. The van der Waals surface area contributed by atoms with Gasteiger partial charge in [0.1, 0.15) is 6.54 Å².